The molecule has 0 fully saturated rings. The maximum absolute atomic E-state index is 10.00. The van der Waals surface area contributed by atoms with E-state index in [0.717, 1.165) is 5.56 Å². The SMILES string of the molecule is Cc1ncc(CO)c(CNCc2ccc(O)cc2)c1O. The van der Waals surface area contributed by atoms with Gasteiger partial charge in [-0.25, -0.2) is 0 Å². The zero-order valence-corrected chi connectivity index (χ0v) is 11.3. The lowest BCUT2D eigenvalue weighted by molar-refractivity contribution is 0.278. The van der Waals surface area contributed by atoms with E-state index in [2.05, 4.69) is 10.3 Å². The molecule has 0 spiro atoms. The molecule has 1 heterocycles. The van der Waals surface area contributed by atoms with E-state index in [1.807, 2.05) is 12.1 Å². The van der Waals surface area contributed by atoms with Crippen molar-refractivity contribution in [3.05, 3.63) is 52.8 Å². The molecule has 2 aromatic rings. The van der Waals surface area contributed by atoms with Crippen LogP contribution >= 0.6 is 0 Å². The van der Waals surface area contributed by atoms with Crippen LogP contribution in [0.1, 0.15) is 22.4 Å². The number of nitrogens with one attached hydrogen (secondary N) is 1. The van der Waals surface area contributed by atoms with Crippen molar-refractivity contribution in [1.29, 1.82) is 0 Å². The molecule has 5 nitrogen and oxygen atoms in total. The molecule has 0 aliphatic rings. The van der Waals surface area contributed by atoms with Crippen molar-refractivity contribution in [2.75, 3.05) is 0 Å². The van der Waals surface area contributed by atoms with Gasteiger partial charge >= 0.3 is 0 Å². The largest absolute Gasteiger partial charge is 0.508 e. The Morgan fingerprint density at radius 1 is 1.10 bits per heavy atom. The van der Waals surface area contributed by atoms with E-state index in [1.54, 1.807) is 25.3 Å². The summed E-state index contributed by atoms with van der Waals surface area (Å²) in [6.07, 6.45) is 1.58. The normalized spacial score (nSPS) is 10.7. The molecular weight excluding hydrogens is 256 g/mol. The number of benzene rings is 1. The maximum Gasteiger partial charge on any atom is 0.141 e. The summed E-state index contributed by atoms with van der Waals surface area (Å²) in [5.41, 5.74) is 2.85. The van der Waals surface area contributed by atoms with E-state index in [-0.39, 0.29) is 18.1 Å². The molecule has 5 heteroatoms. The Balaban J connectivity index is 2.03. The van der Waals surface area contributed by atoms with E-state index >= 15 is 0 Å². The second kappa shape index (κ2) is 6.36. The first-order valence-electron chi connectivity index (χ1n) is 6.37. The highest BCUT2D eigenvalue weighted by atomic mass is 16.3. The van der Waals surface area contributed by atoms with E-state index < -0.39 is 0 Å². The number of aliphatic hydroxyl groups is 1. The van der Waals surface area contributed by atoms with Gasteiger partial charge in [-0.15, -0.1) is 0 Å². The molecule has 1 aromatic heterocycles. The van der Waals surface area contributed by atoms with Crippen molar-refractivity contribution in [3.63, 3.8) is 0 Å². The number of phenolic OH excluding ortho intramolecular Hbond substituents is 1. The van der Waals surface area contributed by atoms with Crippen LogP contribution in [0.2, 0.25) is 0 Å². The van der Waals surface area contributed by atoms with Gasteiger partial charge in [-0.1, -0.05) is 12.1 Å². The molecule has 106 valence electrons. The molecular formula is C15H18N2O3. The average molecular weight is 274 g/mol. The summed E-state index contributed by atoms with van der Waals surface area (Å²) in [6, 6.07) is 6.91. The second-order valence-electron chi connectivity index (χ2n) is 4.62. The lowest BCUT2D eigenvalue weighted by Crippen LogP contribution is -2.15. The predicted octanol–water partition coefficient (Wildman–Crippen LogP) is 1.58. The summed E-state index contributed by atoms with van der Waals surface area (Å²) < 4.78 is 0. The first-order chi connectivity index (χ1) is 9.61. The van der Waals surface area contributed by atoms with E-state index in [0.29, 0.717) is 29.9 Å². The number of aromatic hydroxyl groups is 2. The van der Waals surface area contributed by atoms with Crippen LogP contribution in [-0.4, -0.2) is 20.3 Å². The number of rotatable bonds is 5. The number of aryl methyl sites for hydroxylation is 1. The zero-order valence-electron chi connectivity index (χ0n) is 11.3. The third-order valence-corrected chi connectivity index (χ3v) is 3.17. The second-order valence-corrected chi connectivity index (χ2v) is 4.62. The van der Waals surface area contributed by atoms with Crippen LogP contribution in [0.3, 0.4) is 0 Å². The summed E-state index contributed by atoms with van der Waals surface area (Å²) in [5, 5.41) is 31.7. The Morgan fingerprint density at radius 3 is 2.45 bits per heavy atom. The quantitative estimate of drug-likeness (QED) is 0.665. The molecule has 2 rings (SSSR count). The number of nitrogens with zero attached hydrogens (tertiary/aromatic N) is 1. The minimum Gasteiger partial charge on any atom is -0.508 e. The van der Waals surface area contributed by atoms with Crippen LogP contribution in [0.25, 0.3) is 0 Å². The highest BCUT2D eigenvalue weighted by molar-refractivity contribution is 5.40. The van der Waals surface area contributed by atoms with Crippen LogP contribution in [0.15, 0.2) is 30.5 Å². The van der Waals surface area contributed by atoms with Gasteiger partial charge in [0.05, 0.1) is 12.3 Å². The molecule has 0 saturated heterocycles. The topological polar surface area (TPSA) is 85.6 Å². The average Bonchev–Trinajstić information content (AvgIpc) is 2.46. The summed E-state index contributed by atoms with van der Waals surface area (Å²) in [7, 11) is 0. The van der Waals surface area contributed by atoms with Gasteiger partial charge < -0.3 is 20.6 Å². The number of pyridine rings is 1. The molecule has 0 saturated carbocycles. The number of hydrogen-bond acceptors (Lipinski definition) is 5. The number of phenols is 1. The summed E-state index contributed by atoms with van der Waals surface area (Å²) in [5.74, 6) is 0.355. The molecule has 0 unspecified atom stereocenters. The molecule has 0 bridgehead atoms. The van der Waals surface area contributed by atoms with Crippen LogP contribution in [0.5, 0.6) is 11.5 Å². The molecule has 0 amide bonds. The number of hydrogen-bond donors (Lipinski definition) is 4. The van der Waals surface area contributed by atoms with Gasteiger partial charge in [-0.2, -0.15) is 0 Å². The Morgan fingerprint density at radius 2 is 1.80 bits per heavy atom. The van der Waals surface area contributed by atoms with E-state index in [1.165, 1.54) is 0 Å². The Bertz CT molecular complexity index is 582. The lowest BCUT2D eigenvalue weighted by Gasteiger charge is -2.12. The summed E-state index contributed by atoms with van der Waals surface area (Å²) in [6.45, 7) is 2.61. The van der Waals surface area contributed by atoms with E-state index in [9.17, 15) is 15.3 Å². The van der Waals surface area contributed by atoms with Gasteiger partial charge in [-0.3, -0.25) is 4.98 Å². The summed E-state index contributed by atoms with van der Waals surface area (Å²) >= 11 is 0. The highest BCUT2D eigenvalue weighted by Crippen LogP contribution is 2.23. The van der Waals surface area contributed by atoms with Gasteiger partial charge in [0.15, 0.2) is 0 Å². The molecule has 0 atom stereocenters. The number of aliphatic hydroxyl groups excluding tert-OH is 1. The zero-order chi connectivity index (χ0) is 14.5. The van der Waals surface area contributed by atoms with Gasteiger partial charge in [0, 0.05) is 30.4 Å². The minimum absolute atomic E-state index is 0.120. The standard InChI is InChI=1S/C15H18N2O3/c1-10-15(20)14(12(9-18)7-17-10)8-16-6-11-2-4-13(19)5-3-11/h2-5,7,16,18-20H,6,8-9H2,1H3. The van der Waals surface area contributed by atoms with E-state index in [4.69, 9.17) is 0 Å². The van der Waals surface area contributed by atoms with Crippen molar-refractivity contribution >= 4 is 0 Å². The van der Waals surface area contributed by atoms with Crippen molar-refractivity contribution in [1.82, 2.24) is 10.3 Å². The van der Waals surface area contributed by atoms with Crippen molar-refractivity contribution < 1.29 is 15.3 Å². The van der Waals surface area contributed by atoms with Crippen LogP contribution in [0, 0.1) is 6.92 Å². The Kier molecular flexibility index (Phi) is 4.55. The van der Waals surface area contributed by atoms with Crippen LogP contribution in [0.4, 0.5) is 0 Å². The molecule has 1 aromatic carbocycles. The molecule has 0 aliphatic carbocycles. The molecule has 0 aliphatic heterocycles. The molecule has 0 radical (unpaired) electrons. The fraction of sp³-hybridized carbons (Fsp3) is 0.267. The van der Waals surface area contributed by atoms with Crippen molar-refractivity contribution in [2.24, 2.45) is 0 Å². The molecule has 20 heavy (non-hydrogen) atoms. The van der Waals surface area contributed by atoms with Crippen molar-refractivity contribution in [3.8, 4) is 11.5 Å². The van der Waals surface area contributed by atoms with Crippen LogP contribution < -0.4 is 5.32 Å². The monoisotopic (exact) mass is 274 g/mol. The van der Waals surface area contributed by atoms with Gasteiger partial charge in [-0.05, 0) is 24.6 Å². The Labute approximate surface area is 117 Å². The Hall–Kier alpha value is -2.11. The fourth-order valence-electron chi connectivity index (χ4n) is 1.96. The summed E-state index contributed by atoms with van der Waals surface area (Å²) in [4.78, 5) is 4.02. The lowest BCUT2D eigenvalue weighted by atomic mass is 10.1. The fourth-order valence-corrected chi connectivity index (χ4v) is 1.96. The minimum atomic E-state index is -0.156. The first-order valence-corrected chi connectivity index (χ1v) is 6.37. The van der Waals surface area contributed by atoms with Crippen molar-refractivity contribution in [2.45, 2.75) is 26.6 Å². The van der Waals surface area contributed by atoms with Gasteiger partial charge in [0.1, 0.15) is 11.5 Å². The maximum atomic E-state index is 10.00. The smallest absolute Gasteiger partial charge is 0.141 e. The third kappa shape index (κ3) is 3.26. The van der Waals surface area contributed by atoms with Gasteiger partial charge in [0.2, 0.25) is 0 Å². The molecule has 4 N–H and O–H groups in total. The highest BCUT2D eigenvalue weighted by Gasteiger charge is 2.10. The first kappa shape index (κ1) is 14.3. The third-order valence-electron chi connectivity index (χ3n) is 3.17. The van der Waals surface area contributed by atoms with Gasteiger partial charge in [0.25, 0.3) is 0 Å². The number of aromatic nitrogens is 1. The predicted molar refractivity (Wildman–Crippen MR) is 75.2 cm³/mol. The van der Waals surface area contributed by atoms with Crippen LogP contribution in [-0.2, 0) is 19.7 Å².